The van der Waals surface area contributed by atoms with Crippen LogP contribution in [0.1, 0.15) is 168 Å². The molecular weight excluding hydrogens is 636 g/mol. The smallest absolute Gasteiger partial charge is 0.306 e. The summed E-state index contributed by atoms with van der Waals surface area (Å²) in [6.45, 7) is 6.38. The quantitative estimate of drug-likeness (QED) is 0.0294. The van der Waals surface area contributed by atoms with Gasteiger partial charge in [0.15, 0.2) is 0 Å². The molecule has 0 fully saturated rings. The van der Waals surface area contributed by atoms with Crippen LogP contribution in [-0.4, -0.2) is 47.6 Å². The number of carbonyl (C=O) groups is 2. The Balaban J connectivity index is 3.61. The Labute approximate surface area is 313 Å². The van der Waals surface area contributed by atoms with Gasteiger partial charge in [-0.15, -0.1) is 0 Å². The lowest BCUT2D eigenvalue weighted by molar-refractivity contribution is -0.152. The maximum atomic E-state index is 12.0. The summed E-state index contributed by atoms with van der Waals surface area (Å²) in [5.74, 6) is 0.162. The number of unbranched alkanes of at least 4 members (excludes halogenated alkanes) is 13. The third-order valence-electron chi connectivity index (χ3n) is 8.48. The fraction of sp³-hybridized carbons (Fsp3) is 0.689. The fourth-order valence-electron chi connectivity index (χ4n) is 5.38. The van der Waals surface area contributed by atoms with Gasteiger partial charge in [-0.05, 0) is 50.9 Å². The predicted molar refractivity (Wildman–Crippen MR) is 215 cm³/mol. The van der Waals surface area contributed by atoms with Gasteiger partial charge in [-0.2, -0.15) is 0 Å². The summed E-state index contributed by atoms with van der Waals surface area (Å²) in [4.78, 5) is 23.9. The van der Waals surface area contributed by atoms with Crippen LogP contribution in [0.3, 0.4) is 0 Å². The van der Waals surface area contributed by atoms with Crippen molar-refractivity contribution in [2.75, 3.05) is 13.2 Å². The SMILES string of the molecule is CC/C=C\CC(O)/C=C/C=C/C/C=C\C/C=C\C/C=C\CCC(=O)OC[C@H](O)COC(=O)CCCCCCCCCCCCCCCCC(C)C. The van der Waals surface area contributed by atoms with E-state index in [1.54, 1.807) is 6.08 Å². The van der Waals surface area contributed by atoms with E-state index >= 15 is 0 Å². The lowest BCUT2D eigenvalue weighted by Gasteiger charge is -2.12. The van der Waals surface area contributed by atoms with Crippen molar-refractivity contribution in [1.82, 2.24) is 0 Å². The predicted octanol–water partition coefficient (Wildman–Crippen LogP) is 11.8. The Kier molecular flexibility index (Phi) is 36.5. The molecule has 0 spiro atoms. The van der Waals surface area contributed by atoms with Gasteiger partial charge in [-0.1, -0.05) is 184 Å². The highest BCUT2D eigenvalue weighted by Crippen LogP contribution is 2.15. The molecule has 0 aromatic rings. The topological polar surface area (TPSA) is 93.1 Å². The van der Waals surface area contributed by atoms with Gasteiger partial charge in [-0.3, -0.25) is 9.59 Å². The second-order valence-electron chi connectivity index (χ2n) is 14.1. The average molecular weight is 713 g/mol. The Morgan fingerprint density at radius 1 is 0.549 bits per heavy atom. The van der Waals surface area contributed by atoms with E-state index in [1.165, 1.54) is 77.0 Å². The van der Waals surface area contributed by atoms with Gasteiger partial charge in [0.2, 0.25) is 0 Å². The largest absolute Gasteiger partial charge is 0.463 e. The molecule has 0 aliphatic heterocycles. The van der Waals surface area contributed by atoms with E-state index in [2.05, 4.69) is 57.2 Å². The number of ether oxygens (including phenoxy) is 2. The monoisotopic (exact) mass is 713 g/mol. The number of hydrogen-bond acceptors (Lipinski definition) is 6. The maximum absolute atomic E-state index is 12.0. The maximum Gasteiger partial charge on any atom is 0.306 e. The first-order chi connectivity index (χ1) is 24.8. The molecule has 2 N–H and O–H groups in total. The molecular formula is C45H76O6. The minimum atomic E-state index is -1.01. The number of hydrogen-bond donors (Lipinski definition) is 2. The molecule has 0 aromatic heterocycles. The summed E-state index contributed by atoms with van der Waals surface area (Å²) < 4.78 is 10.3. The molecule has 0 saturated carbocycles. The van der Waals surface area contributed by atoms with Crippen molar-refractivity contribution in [3.05, 3.63) is 72.9 Å². The second-order valence-corrected chi connectivity index (χ2v) is 14.1. The zero-order chi connectivity index (χ0) is 37.5. The Morgan fingerprint density at radius 3 is 1.55 bits per heavy atom. The van der Waals surface area contributed by atoms with E-state index in [4.69, 9.17) is 9.47 Å². The molecule has 0 amide bonds. The van der Waals surface area contributed by atoms with Gasteiger partial charge >= 0.3 is 11.9 Å². The Hall–Kier alpha value is -2.70. The van der Waals surface area contributed by atoms with Crippen LogP contribution in [0.5, 0.6) is 0 Å². The molecule has 0 radical (unpaired) electrons. The molecule has 6 heteroatoms. The molecule has 0 bridgehead atoms. The molecule has 1 unspecified atom stereocenters. The van der Waals surface area contributed by atoms with E-state index in [-0.39, 0.29) is 31.6 Å². The van der Waals surface area contributed by atoms with Crippen molar-refractivity contribution in [1.29, 1.82) is 0 Å². The van der Waals surface area contributed by atoms with E-state index in [1.807, 2.05) is 30.4 Å². The first-order valence-corrected chi connectivity index (χ1v) is 20.5. The van der Waals surface area contributed by atoms with Crippen molar-refractivity contribution < 1.29 is 29.3 Å². The van der Waals surface area contributed by atoms with Crippen molar-refractivity contribution in [2.24, 2.45) is 5.92 Å². The number of rotatable bonds is 35. The summed E-state index contributed by atoms with van der Waals surface area (Å²) in [5, 5.41) is 19.8. The van der Waals surface area contributed by atoms with Crippen LogP contribution in [0, 0.1) is 5.92 Å². The Morgan fingerprint density at radius 2 is 1.02 bits per heavy atom. The fourth-order valence-corrected chi connectivity index (χ4v) is 5.38. The van der Waals surface area contributed by atoms with Gasteiger partial charge < -0.3 is 19.7 Å². The van der Waals surface area contributed by atoms with Crippen LogP contribution >= 0.6 is 0 Å². The zero-order valence-electron chi connectivity index (χ0n) is 32.9. The molecule has 51 heavy (non-hydrogen) atoms. The highest BCUT2D eigenvalue weighted by Gasteiger charge is 2.11. The second kappa shape index (κ2) is 38.5. The van der Waals surface area contributed by atoms with Crippen LogP contribution in [-0.2, 0) is 19.1 Å². The number of aliphatic hydroxyl groups excluding tert-OH is 2. The first-order valence-electron chi connectivity index (χ1n) is 20.5. The summed E-state index contributed by atoms with van der Waals surface area (Å²) >= 11 is 0. The van der Waals surface area contributed by atoms with Crippen molar-refractivity contribution in [3.63, 3.8) is 0 Å². The normalized spacial score (nSPS) is 13.7. The third-order valence-corrected chi connectivity index (χ3v) is 8.48. The molecule has 0 heterocycles. The Bertz CT molecular complexity index is 973. The van der Waals surface area contributed by atoms with Crippen LogP contribution < -0.4 is 0 Å². The summed E-state index contributed by atoms with van der Waals surface area (Å²) in [6.07, 6.45) is 47.3. The molecule has 0 aromatic carbocycles. The number of allylic oxidation sites excluding steroid dienone is 10. The highest BCUT2D eigenvalue weighted by molar-refractivity contribution is 5.70. The lowest BCUT2D eigenvalue weighted by atomic mass is 10.0. The standard InChI is InChI=1S/C45H76O6/c1-4-5-29-35-42(46)36-31-26-22-18-14-10-8-12-16-20-24-28-33-38-45(49)51-40-43(47)39-50-44(48)37-32-27-23-19-15-11-7-6-9-13-17-21-25-30-34-41(2)3/h5,10,12,14,16,22,24,26,28-29,31,36,41-43,46-47H,4,6-9,11,13,15,17-21,23,25,27,30,32-35,37-40H2,1-3H3/b14-10-,16-12-,26-22+,28-24-,29-5-,36-31+/t42?,43-/m1/s1. The van der Waals surface area contributed by atoms with Gasteiger partial charge in [0.1, 0.15) is 19.3 Å². The van der Waals surface area contributed by atoms with Crippen molar-refractivity contribution in [3.8, 4) is 0 Å². The van der Waals surface area contributed by atoms with E-state index < -0.39 is 12.2 Å². The van der Waals surface area contributed by atoms with Gasteiger partial charge in [0.25, 0.3) is 0 Å². The highest BCUT2D eigenvalue weighted by atomic mass is 16.6. The third kappa shape index (κ3) is 39.9. The molecule has 6 nitrogen and oxygen atoms in total. The zero-order valence-corrected chi connectivity index (χ0v) is 32.9. The first kappa shape index (κ1) is 48.3. The minimum Gasteiger partial charge on any atom is -0.463 e. The van der Waals surface area contributed by atoms with E-state index in [0.29, 0.717) is 19.3 Å². The van der Waals surface area contributed by atoms with Crippen molar-refractivity contribution in [2.45, 2.75) is 181 Å². The van der Waals surface area contributed by atoms with Gasteiger partial charge in [-0.25, -0.2) is 0 Å². The lowest BCUT2D eigenvalue weighted by Crippen LogP contribution is -2.25. The van der Waals surface area contributed by atoms with Crippen LogP contribution in [0.4, 0.5) is 0 Å². The molecule has 292 valence electrons. The van der Waals surface area contributed by atoms with Crippen LogP contribution in [0.2, 0.25) is 0 Å². The number of carbonyl (C=O) groups excluding carboxylic acids is 2. The molecule has 0 rings (SSSR count). The number of esters is 2. The van der Waals surface area contributed by atoms with Gasteiger partial charge in [0.05, 0.1) is 6.10 Å². The molecule has 0 saturated heterocycles. The van der Waals surface area contributed by atoms with E-state index in [9.17, 15) is 19.8 Å². The summed E-state index contributed by atoms with van der Waals surface area (Å²) in [5.41, 5.74) is 0. The van der Waals surface area contributed by atoms with Crippen LogP contribution in [0.15, 0.2) is 72.9 Å². The van der Waals surface area contributed by atoms with Gasteiger partial charge in [0, 0.05) is 12.8 Å². The molecule has 2 atom stereocenters. The molecule has 0 aliphatic rings. The summed E-state index contributed by atoms with van der Waals surface area (Å²) in [6, 6.07) is 0. The average Bonchev–Trinajstić information content (AvgIpc) is 3.11. The van der Waals surface area contributed by atoms with Crippen molar-refractivity contribution >= 4 is 11.9 Å². The minimum absolute atomic E-state index is 0.151. The number of aliphatic hydroxyl groups is 2. The van der Waals surface area contributed by atoms with E-state index in [0.717, 1.165) is 50.9 Å². The summed E-state index contributed by atoms with van der Waals surface area (Å²) in [7, 11) is 0. The van der Waals surface area contributed by atoms with Crippen LogP contribution in [0.25, 0.3) is 0 Å². The molecule has 0 aliphatic carbocycles.